The normalized spacial score (nSPS) is 15.8. The third-order valence-corrected chi connectivity index (χ3v) is 4.52. The molecule has 0 spiro atoms. The largest absolute Gasteiger partial charge is 0.495 e. The smallest absolute Gasteiger partial charge is 0.142 e. The van der Waals surface area contributed by atoms with E-state index in [-0.39, 0.29) is 11.6 Å². The van der Waals surface area contributed by atoms with Crippen molar-refractivity contribution in [1.82, 2.24) is 15.2 Å². The Labute approximate surface area is 129 Å². The van der Waals surface area contributed by atoms with Gasteiger partial charge in [-0.1, -0.05) is 27.7 Å². The number of nitrogens with zero attached hydrogens (tertiary/aromatic N) is 2. The van der Waals surface area contributed by atoms with Gasteiger partial charge in [0, 0.05) is 11.7 Å². The van der Waals surface area contributed by atoms with Gasteiger partial charge in [0.15, 0.2) is 0 Å². The first-order valence-electron chi connectivity index (χ1n) is 8.06. The molecule has 4 heteroatoms. The molecule has 0 saturated heterocycles. The van der Waals surface area contributed by atoms with E-state index in [0.717, 1.165) is 37.5 Å². The lowest BCUT2D eigenvalue weighted by Crippen LogP contribution is -2.54. The highest BCUT2D eigenvalue weighted by Gasteiger charge is 2.39. The van der Waals surface area contributed by atoms with Gasteiger partial charge in [0.25, 0.3) is 0 Å². The maximum atomic E-state index is 5.54. The van der Waals surface area contributed by atoms with E-state index in [4.69, 9.17) is 4.74 Å². The number of nitrogens with one attached hydrogen (secondary N) is 1. The third kappa shape index (κ3) is 3.74. The van der Waals surface area contributed by atoms with Gasteiger partial charge in [-0.3, -0.25) is 9.88 Å². The summed E-state index contributed by atoms with van der Waals surface area (Å²) in [5.41, 5.74) is 0.999. The highest BCUT2D eigenvalue weighted by molar-refractivity contribution is 5.32. The molecular formula is C17H31N3O. The summed E-state index contributed by atoms with van der Waals surface area (Å²) in [5, 5.41) is 3.63. The second kappa shape index (κ2) is 8.35. The van der Waals surface area contributed by atoms with Crippen LogP contribution >= 0.6 is 0 Å². The van der Waals surface area contributed by atoms with Crippen molar-refractivity contribution in [3.8, 4) is 5.75 Å². The number of aromatic nitrogens is 1. The highest BCUT2D eigenvalue weighted by atomic mass is 16.5. The van der Waals surface area contributed by atoms with Crippen molar-refractivity contribution in [2.24, 2.45) is 0 Å². The molecule has 1 heterocycles. The minimum atomic E-state index is 0.00113. The van der Waals surface area contributed by atoms with Gasteiger partial charge in [0.05, 0.1) is 13.2 Å². The van der Waals surface area contributed by atoms with E-state index < -0.39 is 0 Å². The van der Waals surface area contributed by atoms with Crippen LogP contribution < -0.4 is 10.1 Å². The van der Waals surface area contributed by atoms with E-state index in [9.17, 15) is 0 Å². The average molecular weight is 293 g/mol. The van der Waals surface area contributed by atoms with Gasteiger partial charge in [-0.25, -0.2) is 0 Å². The molecule has 120 valence electrons. The fourth-order valence-electron chi connectivity index (χ4n) is 3.16. The molecule has 0 bridgehead atoms. The molecule has 0 radical (unpaired) electrons. The Balaban J connectivity index is 3.31. The quantitative estimate of drug-likeness (QED) is 0.758. The average Bonchev–Trinajstić information content (AvgIpc) is 2.53. The maximum Gasteiger partial charge on any atom is 0.142 e. The maximum absolute atomic E-state index is 5.54. The van der Waals surface area contributed by atoms with Crippen molar-refractivity contribution >= 4 is 0 Å². The van der Waals surface area contributed by atoms with Crippen molar-refractivity contribution in [3.05, 3.63) is 24.0 Å². The lowest BCUT2D eigenvalue weighted by Gasteiger charge is -2.46. The number of rotatable bonds is 9. The Morgan fingerprint density at radius 3 is 2.43 bits per heavy atom. The van der Waals surface area contributed by atoms with Gasteiger partial charge in [-0.2, -0.15) is 0 Å². The zero-order chi connectivity index (χ0) is 15.9. The van der Waals surface area contributed by atoms with Gasteiger partial charge >= 0.3 is 0 Å². The summed E-state index contributed by atoms with van der Waals surface area (Å²) in [7, 11) is 1.71. The Morgan fingerprint density at radius 2 is 1.95 bits per heavy atom. The second-order valence-electron chi connectivity index (χ2n) is 5.46. The summed E-state index contributed by atoms with van der Waals surface area (Å²) in [4.78, 5) is 7.13. The molecule has 0 saturated carbocycles. The fourth-order valence-corrected chi connectivity index (χ4v) is 3.16. The number of ether oxygens (including phenoxy) is 1. The Kier molecular flexibility index (Phi) is 7.12. The van der Waals surface area contributed by atoms with E-state index in [1.54, 1.807) is 7.11 Å². The summed E-state index contributed by atoms with van der Waals surface area (Å²) in [5.74, 6) is 0.857. The first kappa shape index (κ1) is 17.9. The summed E-state index contributed by atoms with van der Waals surface area (Å²) in [6, 6.07) is 4.06. The topological polar surface area (TPSA) is 37.4 Å². The number of pyridine rings is 1. The zero-order valence-corrected chi connectivity index (χ0v) is 14.4. The van der Waals surface area contributed by atoms with Crippen LogP contribution in [-0.4, -0.2) is 42.2 Å². The molecule has 1 N–H and O–H groups in total. The lowest BCUT2D eigenvalue weighted by molar-refractivity contribution is 0.0678. The predicted octanol–water partition coefficient (Wildman–Crippen LogP) is 3.25. The van der Waals surface area contributed by atoms with Crippen LogP contribution in [-0.2, 0) is 0 Å². The van der Waals surface area contributed by atoms with Crippen LogP contribution in [0.5, 0.6) is 5.75 Å². The standard InChI is InChI=1S/C17H31N3O/c1-7-17(5,20(9-3)10-4)16(18-8-2)15-14(21-6)12-11-13-19-15/h11-13,16,18H,7-10H2,1-6H3. The van der Waals surface area contributed by atoms with Gasteiger partial charge < -0.3 is 10.1 Å². The van der Waals surface area contributed by atoms with Crippen molar-refractivity contribution in [1.29, 1.82) is 0 Å². The Hall–Kier alpha value is -1.13. The molecular weight excluding hydrogens is 262 g/mol. The molecule has 2 atom stereocenters. The molecule has 1 aromatic rings. The molecule has 1 aromatic heterocycles. The van der Waals surface area contributed by atoms with Crippen molar-refractivity contribution in [2.45, 2.75) is 52.6 Å². The van der Waals surface area contributed by atoms with Crippen LogP contribution in [0, 0.1) is 0 Å². The van der Waals surface area contributed by atoms with Crippen molar-refractivity contribution in [2.75, 3.05) is 26.7 Å². The minimum absolute atomic E-state index is 0.00113. The molecule has 0 fully saturated rings. The molecule has 1 rings (SSSR count). The zero-order valence-electron chi connectivity index (χ0n) is 14.4. The van der Waals surface area contributed by atoms with Gasteiger partial charge in [-0.05, 0) is 45.1 Å². The monoisotopic (exact) mass is 293 g/mol. The molecule has 0 amide bonds. The Bertz CT molecular complexity index is 420. The van der Waals surface area contributed by atoms with Crippen LogP contribution in [0.15, 0.2) is 18.3 Å². The number of methoxy groups -OCH3 is 1. The molecule has 2 unspecified atom stereocenters. The second-order valence-corrected chi connectivity index (χ2v) is 5.46. The first-order chi connectivity index (χ1) is 10.1. The molecule has 0 aliphatic rings. The number of hydrogen-bond donors (Lipinski definition) is 1. The van der Waals surface area contributed by atoms with Crippen LogP contribution in [0.2, 0.25) is 0 Å². The number of likely N-dealkylation sites (N-methyl/N-ethyl adjacent to an activating group) is 2. The van der Waals surface area contributed by atoms with E-state index >= 15 is 0 Å². The predicted molar refractivity (Wildman–Crippen MR) is 88.8 cm³/mol. The summed E-state index contributed by atoms with van der Waals surface area (Å²) in [6.45, 7) is 14.1. The van der Waals surface area contributed by atoms with Crippen molar-refractivity contribution in [3.63, 3.8) is 0 Å². The van der Waals surface area contributed by atoms with Crippen LogP contribution in [0.3, 0.4) is 0 Å². The van der Waals surface area contributed by atoms with Crippen molar-refractivity contribution < 1.29 is 4.74 Å². The molecule has 0 aromatic carbocycles. The van der Waals surface area contributed by atoms with Gasteiger partial charge in [0.2, 0.25) is 0 Å². The van der Waals surface area contributed by atoms with Crippen LogP contribution in [0.25, 0.3) is 0 Å². The molecule has 0 aliphatic heterocycles. The fraction of sp³-hybridized carbons (Fsp3) is 0.706. The van der Waals surface area contributed by atoms with E-state index in [0.29, 0.717) is 0 Å². The van der Waals surface area contributed by atoms with Crippen LogP contribution in [0.1, 0.15) is 52.8 Å². The SMILES string of the molecule is CCNC(c1ncccc1OC)C(C)(CC)N(CC)CC. The Morgan fingerprint density at radius 1 is 1.29 bits per heavy atom. The summed E-state index contributed by atoms with van der Waals surface area (Å²) in [6.07, 6.45) is 2.90. The molecule has 21 heavy (non-hydrogen) atoms. The molecule has 0 aliphatic carbocycles. The lowest BCUT2D eigenvalue weighted by atomic mass is 9.84. The number of hydrogen-bond acceptors (Lipinski definition) is 4. The molecule has 4 nitrogen and oxygen atoms in total. The van der Waals surface area contributed by atoms with Gasteiger partial charge in [0.1, 0.15) is 11.4 Å². The van der Waals surface area contributed by atoms with Gasteiger partial charge in [-0.15, -0.1) is 0 Å². The summed E-state index contributed by atoms with van der Waals surface area (Å²) < 4.78 is 5.54. The van der Waals surface area contributed by atoms with E-state index in [1.807, 2.05) is 18.3 Å². The van der Waals surface area contributed by atoms with E-state index in [2.05, 4.69) is 49.8 Å². The summed E-state index contributed by atoms with van der Waals surface area (Å²) >= 11 is 0. The highest BCUT2D eigenvalue weighted by Crippen LogP contribution is 2.36. The third-order valence-electron chi connectivity index (χ3n) is 4.52. The van der Waals surface area contributed by atoms with Crippen LogP contribution in [0.4, 0.5) is 0 Å². The first-order valence-corrected chi connectivity index (χ1v) is 8.06. The van der Waals surface area contributed by atoms with E-state index in [1.165, 1.54) is 0 Å². The minimum Gasteiger partial charge on any atom is -0.495 e.